The molecule has 2 heterocycles. The Kier molecular flexibility index (Phi) is 6.65. The van der Waals surface area contributed by atoms with E-state index in [-0.39, 0.29) is 5.91 Å². The summed E-state index contributed by atoms with van der Waals surface area (Å²) < 4.78 is 10.6. The van der Waals surface area contributed by atoms with E-state index in [1.54, 1.807) is 24.5 Å². The smallest absolute Gasteiger partial charge is 0.227 e. The summed E-state index contributed by atoms with van der Waals surface area (Å²) in [4.78, 5) is 20.3. The number of hydrogen-bond donors (Lipinski definition) is 1. The summed E-state index contributed by atoms with van der Waals surface area (Å²) in [6, 6.07) is 11.6. The van der Waals surface area contributed by atoms with Gasteiger partial charge >= 0.3 is 0 Å². The van der Waals surface area contributed by atoms with Crippen LogP contribution in [0, 0.1) is 0 Å². The first-order chi connectivity index (χ1) is 13.2. The van der Waals surface area contributed by atoms with Crippen LogP contribution in [0.5, 0.6) is 0 Å². The summed E-state index contributed by atoms with van der Waals surface area (Å²) in [6.07, 6.45) is 4.03. The number of aryl methyl sites for hydroxylation is 1. The third-order valence-corrected chi connectivity index (χ3v) is 3.96. The molecular formula is C20H22N4O3. The van der Waals surface area contributed by atoms with Gasteiger partial charge in [0.05, 0.1) is 6.61 Å². The molecular weight excluding hydrogens is 344 g/mol. The van der Waals surface area contributed by atoms with Gasteiger partial charge in [-0.2, -0.15) is 4.98 Å². The molecule has 2 aromatic heterocycles. The Bertz CT molecular complexity index is 847. The highest BCUT2D eigenvalue weighted by molar-refractivity contribution is 5.76. The number of amides is 1. The fourth-order valence-electron chi connectivity index (χ4n) is 2.46. The average Bonchev–Trinajstić information content (AvgIpc) is 3.20. The number of nitrogens with zero attached hydrogens (tertiary/aromatic N) is 3. The molecule has 0 aliphatic carbocycles. The van der Waals surface area contributed by atoms with Crippen LogP contribution in [-0.2, 0) is 29.1 Å². The van der Waals surface area contributed by atoms with Crippen LogP contribution < -0.4 is 5.32 Å². The molecule has 0 saturated carbocycles. The average molecular weight is 366 g/mol. The predicted molar refractivity (Wildman–Crippen MR) is 99.5 cm³/mol. The summed E-state index contributed by atoms with van der Waals surface area (Å²) in [6.45, 7) is 3.76. The van der Waals surface area contributed by atoms with Gasteiger partial charge < -0.3 is 14.6 Å². The van der Waals surface area contributed by atoms with Gasteiger partial charge in [0.25, 0.3) is 0 Å². The first-order valence-electron chi connectivity index (χ1n) is 8.90. The van der Waals surface area contributed by atoms with E-state index < -0.39 is 0 Å². The van der Waals surface area contributed by atoms with Crippen LogP contribution in [-0.4, -0.2) is 27.6 Å². The fraction of sp³-hybridized carbons (Fsp3) is 0.300. The molecule has 3 aromatic rings. The van der Waals surface area contributed by atoms with Gasteiger partial charge in [-0.15, -0.1) is 0 Å². The summed E-state index contributed by atoms with van der Waals surface area (Å²) >= 11 is 0. The summed E-state index contributed by atoms with van der Waals surface area (Å²) in [5.74, 6) is 0.884. The Morgan fingerprint density at radius 1 is 1.11 bits per heavy atom. The van der Waals surface area contributed by atoms with Crippen LogP contribution in [0.4, 0.5) is 0 Å². The predicted octanol–water partition coefficient (Wildman–Crippen LogP) is 2.92. The molecule has 1 aromatic carbocycles. The molecule has 0 radical (unpaired) electrons. The highest BCUT2D eigenvalue weighted by atomic mass is 16.5. The number of ether oxygens (including phenoxy) is 1. The Hall–Kier alpha value is -3.06. The van der Waals surface area contributed by atoms with Crippen LogP contribution in [0.15, 0.2) is 53.3 Å². The van der Waals surface area contributed by atoms with Crippen LogP contribution in [0.25, 0.3) is 11.4 Å². The van der Waals surface area contributed by atoms with Gasteiger partial charge in [0.15, 0.2) is 0 Å². The second kappa shape index (κ2) is 9.59. The van der Waals surface area contributed by atoms with Crippen LogP contribution in [0.2, 0.25) is 0 Å². The van der Waals surface area contributed by atoms with Gasteiger partial charge in [0.2, 0.25) is 17.6 Å². The van der Waals surface area contributed by atoms with E-state index in [1.807, 2.05) is 31.2 Å². The second-order valence-corrected chi connectivity index (χ2v) is 5.98. The first-order valence-corrected chi connectivity index (χ1v) is 8.90. The maximum absolute atomic E-state index is 12.0. The van der Waals surface area contributed by atoms with Gasteiger partial charge in [0.1, 0.15) is 0 Å². The maximum Gasteiger partial charge on any atom is 0.227 e. The van der Waals surface area contributed by atoms with E-state index in [1.165, 1.54) is 0 Å². The Balaban J connectivity index is 1.43. The number of pyridine rings is 1. The topological polar surface area (TPSA) is 90.1 Å². The molecule has 3 rings (SSSR count). The van der Waals surface area contributed by atoms with Crippen molar-refractivity contribution in [3.63, 3.8) is 0 Å². The van der Waals surface area contributed by atoms with Crippen LogP contribution >= 0.6 is 0 Å². The third kappa shape index (κ3) is 5.72. The Labute approximate surface area is 157 Å². The van der Waals surface area contributed by atoms with E-state index in [4.69, 9.17) is 9.26 Å². The second-order valence-electron chi connectivity index (χ2n) is 5.98. The quantitative estimate of drug-likeness (QED) is 0.626. The van der Waals surface area contributed by atoms with Crippen molar-refractivity contribution in [2.24, 2.45) is 0 Å². The number of hydrogen-bond acceptors (Lipinski definition) is 6. The molecule has 0 spiro atoms. The zero-order chi connectivity index (χ0) is 18.9. The van der Waals surface area contributed by atoms with Gasteiger partial charge in [-0.25, -0.2) is 0 Å². The molecule has 0 atom stereocenters. The van der Waals surface area contributed by atoms with Gasteiger partial charge in [0, 0.05) is 44.0 Å². The standard InChI is InChI=1S/C20H22N4O3/c1-2-26-14-16-5-3-15(4-6-16)13-22-18(25)7-8-19-23-20(24-27-19)17-9-11-21-12-10-17/h3-6,9-12H,2,7-8,13-14H2,1H3,(H,22,25). The molecule has 0 aliphatic heterocycles. The van der Waals surface area contributed by atoms with Gasteiger partial charge in [-0.3, -0.25) is 9.78 Å². The zero-order valence-electron chi connectivity index (χ0n) is 15.2. The normalized spacial score (nSPS) is 10.7. The van der Waals surface area contributed by atoms with E-state index in [0.717, 1.165) is 16.7 Å². The fourth-order valence-corrected chi connectivity index (χ4v) is 2.46. The number of nitrogens with one attached hydrogen (secondary N) is 1. The lowest BCUT2D eigenvalue weighted by Gasteiger charge is -2.06. The number of benzene rings is 1. The first kappa shape index (κ1) is 18.7. The minimum absolute atomic E-state index is 0.0583. The molecule has 0 bridgehead atoms. The molecule has 140 valence electrons. The minimum Gasteiger partial charge on any atom is -0.377 e. The van der Waals surface area contributed by atoms with Crippen molar-refractivity contribution < 1.29 is 14.1 Å². The SMILES string of the molecule is CCOCc1ccc(CNC(=O)CCc2nc(-c3ccncc3)no2)cc1. The molecule has 1 amide bonds. The van der Waals surface area contributed by atoms with Crippen LogP contribution in [0.3, 0.4) is 0 Å². The van der Waals surface area contributed by atoms with E-state index >= 15 is 0 Å². The summed E-state index contributed by atoms with van der Waals surface area (Å²) in [5.41, 5.74) is 2.99. The van der Waals surface area contributed by atoms with Gasteiger partial charge in [-0.1, -0.05) is 29.4 Å². The minimum atomic E-state index is -0.0583. The van der Waals surface area contributed by atoms with Crippen molar-refractivity contribution in [1.29, 1.82) is 0 Å². The van der Waals surface area contributed by atoms with E-state index in [2.05, 4.69) is 20.4 Å². The summed E-state index contributed by atoms with van der Waals surface area (Å²) in [7, 11) is 0. The number of rotatable bonds is 9. The molecule has 1 N–H and O–H groups in total. The molecule has 7 heteroatoms. The monoisotopic (exact) mass is 366 g/mol. The molecule has 0 fully saturated rings. The van der Waals surface area contributed by atoms with Crippen molar-refractivity contribution in [1.82, 2.24) is 20.4 Å². The third-order valence-electron chi connectivity index (χ3n) is 3.96. The molecule has 0 aliphatic rings. The molecule has 0 saturated heterocycles. The Morgan fingerprint density at radius 3 is 2.59 bits per heavy atom. The lowest BCUT2D eigenvalue weighted by Crippen LogP contribution is -2.23. The number of carbonyl (C=O) groups excluding carboxylic acids is 1. The lowest BCUT2D eigenvalue weighted by atomic mass is 10.1. The molecule has 27 heavy (non-hydrogen) atoms. The van der Waals surface area contributed by atoms with Crippen molar-refractivity contribution in [2.45, 2.75) is 32.9 Å². The lowest BCUT2D eigenvalue weighted by molar-refractivity contribution is -0.121. The highest BCUT2D eigenvalue weighted by Crippen LogP contribution is 2.14. The Morgan fingerprint density at radius 2 is 1.85 bits per heavy atom. The van der Waals surface area contributed by atoms with E-state index in [0.29, 0.717) is 44.3 Å². The number of aromatic nitrogens is 3. The van der Waals surface area contributed by atoms with Crippen molar-refractivity contribution in [3.05, 3.63) is 65.8 Å². The van der Waals surface area contributed by atoms with Crippen LogP contribution in [0.1, 0.15) is 30.4 Å². The molecule has 7 nitrogen and oxygen atoms in total. The van der Waals surface area contributed by atoms with Gasteiger partial charge in [-0.05, 0) is 30.2 Å². The number of carbonyl (C=O) groups is 1. The largest absolute Gasteiger partial charge is 0.377 e. The summed E-state index contributed by atoms with van der Waals surface area (Å²) in [5, 5.41) is 6.83. The van der Waals surface area contributed by atoms with Crippen molar-refractivity contribution in [3.8, 4) is 11.4 Å². The highest BCUT2D eigenvalue weighted by Gasteiger charge is 2.10. The van der Waals surface area contributed by atoms with E-state index in [9.17, 15) is 4.79 Å². The van der Waals surface area contributed by atoms with Crippen molar-refractivity contribution >= 4 is 5.91 Å². The maximum atomic E-state index is 12.0. The molecule has 0 unspecified atom stereocenters. The zero-order valence-corrected chi connectivity index (χ0v) is 15.2. The van der Waals surface area contributed by atoms with Crippen molar-refractivity contribution in [2.75, 3.05) is 6.61 Å².